The summed E-state index contributed by atoms with van der Waals surface area (Å²) >= 11 is 0. The molecule has 0 saturated heterocycles. The summed E-state index contributed by atoms with van der Waals surface area (Å²) in [5.74, 6) is 1.31. The van der Waals surface area contributed by atoms with E-state index in [0.717, 1.165) is 32.9 Å². The van der Waals surface area contributed by atoms with Crippen LogP contribution in [0.2, 0.25) is 0 Å². The summed E-state index contributed by atoms with van der Waals surface area (Å²) in [5, 5.41) is 11.1. The smallest absolute Gasteiger partial charge is 0.119 e. The maximum Gasteiger partial charge on any atom is 0.119 e. The maximum atomic E-state index is 9.83. The van der Waals surface area contributed by atoms with Gasteiger partial charge in [-0.05, 0) is 60.4 Å². The van der Waals surface area contributed by atoms with Gasteiger partial charge >= 0.3 is 0 Å². The molecular weight excluding hydrogens is 275 g/mol. The van der Waals surface area contributed by atoms with Crippen LogP contribution < -0.4 is 5.30 Å². The van der Waals surface area contributed by atoms with E-state index in [0.29, 0.717) is 5.75 Å². The van der Waals surface area contributed by atoms with Crippen LogP contribution in [0.15, 0.2) is 6.07 Å². The van der Waals surface area contributed by atoms with Crippen LogP contribution in [-0.4, -0.2) is 11.8 Å². The summed E-state index contributed by atoms with van der Waals surface area (Å²) in [4.78, 5) is 0. The van der Waals surface area contributed by atoms with E-state index in [2.05, 4.69) is 62.1 Å². The van der Waals surface area contributed by atoms with Crippen LogP contribution in [0.5, 0.6) is 5.75 Å². The molecule has 1 N–H and O–H groups in total. The molecule has 0 spiro atoms. The quantitative estimate of drug-likeness (QED) is 0.695. The van der Waals surface area contributed by atoms with E-state index in [1.165, 1.54) is 22.9 Å². The molecule has 0 heterocycles. The van der Waals surface area contributed by atoms with Crippen LogP contribution >= 0.6 is 8.58 Å². The highest BCUT2D eigenvalue weighted by Gasteiger charge is 2.10. The number of phenols is 1. The molecule has 2 heteroatoms. The lowest BCUT2D eigenvalue weighted by Crippen LogP contribution is -2.08. The van der Waals surface area contributed by atoms with Gasteiger partial charge in [0.1, 0.15) is 5.75 Å². The SMILES string of the molecule is CC(C)C.CCC.CCc1c(O)cc(PC)c(CC)c1C. The zero-order chi connectivity index (χ0) is 17.0. The highest BCUT2D eigenvalue weighted by Crippen LogP contribution is 2.26. The standard InChI is InChI=1S/C12H19OP.C4H10.C3H8/c1-5-9-8(3)10(6-2)12(14-4)7-11(9)13;1-4(2)3;1-3-2/h7,13-14H,5-6H2,1-4H3;4H,1-3H3;3H2,1-2H3. The topological polar surface area (TPSA) is 20.2 Å². The molecule has 0 saturated carbocycles. The molecule has 1 rings (SSSR count). The van der Waals surface area contributed by atoms with Gasteiger partial charge in [0.05, 0.1) is 0 Å². The fourth-order valence-corrected chi connectivity index (χ4v) is 2.96. The van der Waals surface area contributed by atoms with Crippen LogP contribution in [-0.2, 0) is 12.8 Å². The van der Waals surface area contributed by atoms with Gasteiger partial charge in [0, 0.05) is 0 Å². The Morgan fingerprint density at radius 3 is 1.67 bits per heavy atom. The van der Waals surface area contributed by atoms with E-state index in [4.69, 9.17) is 0 Å². The number of hydrogen-bond acceptors (Lipinski definition) is 1. The summed E-state index contributed by atoms with van der Waals surface area (Å²) in [6.45, 7) is 19.3. The molecule has 21 heavy (non-hydrogen) atoms. The Morgan fingerprint density at radius 2 is 1.38 bits per heavy atom. The van der Waals surface area contributed by atoms with Crippen molar-refractivity contribution in [1.82, 2.24) is 0 Å². The van der Waals surface area contributed by atoms with E-state index in [1.807, 2.05) is 6.07 Å². The number of aromatic hydroxyl groups is 1. The first-order valence-electron chi connectivity index (χ1n) is 8.32. The second kappa shape index (κ2) is 13.1. The lowest BCUT2D eigenvalue weighted by atomic mass is 9.98. The molecule has 0 aromatic heterocycles. The third-order valence-electron chi connectivity index (χ3n) is 2.80. The van der Waals surface area contributed by atoms with Gasteiger partial charge in [-0.2, -0.15) is 0 Å². The lowest BCUT2D eigenvalue weighted by Gasteiger charge is -2.15. The lowest BCUT2D eigenvalue weighted by molar-refractivity contribution is 0.468. The third kappa shape index (κ3) is 9.14. The molecule has 0 bridgehead atoms. The highest BCUT2D eigenvalue weighted by molar-refractivity contribution is 7.46. The Bertz CT molecular complexity index is 381. The first kappa shape index (κ1) is 22.7. The first-order valence-corrected chi connectivity index (χ1v) is 9.82. The second-order valence-corrected chi connectivity index (χ2v) is 6.96. The molecule has 0 aliphatic rings. The van der Waals surface area contributed by atoms with E-state index in [1.54, 1.807) is 0 Å². The molecule has 1 atom stereocenters. The molecule has 1 aromatic rings. The molecule has 124 valence electrons. The Kier molecular flexibility index (Phi) is 14.2. The molecule has 1 aromatic carbocycles. The van der Waals surface area contributed by atoms with E-state index < -0.39 is 0 Å². The van der Waals surface area contributed by atoms with Crippen molar-refractivity contribution in [3.05, 3.63) is 22.8 Å². The van der Waals surface area contributed by atoms with Crippen LogP contribution in [0, 0.1) is 12.8 Å². The summed E-state index contributed by atoms with van der Waals surface area (Å²) in [6.07, 6.45) is 3.23. The van der Waals surface area contributed by atoms with Crippen molar-refractivity contribution in [3.63, 3.8) is 0 Å². The molecule has 0 amide bonds. The maximum absolute atomic E-state index is 9.83. The van der Waals surface area contributed by atoms with Crippen molar-refractivity contribution in [2.45, 2.75) is 74.7 Å². The largest absolute Gasteiger partial charge is 0.508 e. The number of phenolic OH excluding ortho intramolecular Hbond substituents is 1. The zero-order valence-corrected chi connectivity index (χ0v) is 16.7. The van der Waals surface area contributed by atoms with E-state index in [-0.39, 0.29) is 0 Å². The van der Waals surface area contributed by atoms with Crippen molar-refractivity contribution in [3.8, 4) is 5.75 Å². The average molecular weight is 312 g/mol. The number of benzene rings is 1. The highest BCUT2D eigenvalue weighted by atomic mass is 31.1. The van der Waals surface area contributed by atoms with Gasteiger partial charge in [0.2, 0.25) is 0 Å². The van der Waals surface area contributed by atoms with Crippen LogP contribution in [0.25, 0.3) is 0 Å². The summed E-state index contributed by atoms with van der Waals surface area (Å²) in [5.41, 5.74) is 3.84. The number of rotatable bonds is 3. The van der Waals surface area contributed by atoms with E-state index in [9.17, 15) is 5.11 Å². The van der Waals surface area contributed by atoms with Gasteiger partial charge in [-0.15, -0.1) is 0 Å². The zero-order valence-electron chi connectivity index (χ0n) is 15.7. The Balaban J connectivity index is 0. The summed E-state index contributed by atoms with van der Waals surface area (Å²) in [7, 11) is 0.766. The van der Waals surface area contributed by atoms with Gasteiger partial charge in [-0.3, -0.25) is 0 Å². The fraction of sp³-hybridized carbons (Fsp3) is 0.684. The van der Waals surface area contributed by atoms with Crippen molar-refractivity contribution in [2.24, 2.45) is 5.92 Å². The third-order valence-corrected chi connectivity index (χ3v) is 3.78. The van der Waals surface area contributed by atoms with Gasteiger partial charge in [-0.25, -0.2) is 0 Å². The molecular formula is C19H37OP. The second-order valence-electron chi connectivity index (χ2n) is 5.92. The van der Waals surface area contributed by atoms with Crippen molar-refractivity contribution in [1.29, 1.82) is 0 Å². The molecule has 0 radical (unpaired) electrons. The molecule has 0 aliphatic carbocycles. The normalized spacial score (nSPS) is 10.2. The number of hydrogen-bond donors (Lipinski definition) is 1. The minimum absolute atomic E-state index is 0.478. The van der Waals surface area contributed by atoms with Gasteiger partial charge < -0.3 is 5.11 Å². The van der Waals surface area contributed by atoms with Crippen molar-refractivity contribution in [2.75, 3.05) is 6.66 Å². The average Bonchev–Trinajstić information content (AvgIpc) is 2.38. The predicted molar refractivity (Wildman–Crippen MR) is 102 cm³/mol. The predicted octanol–water partition coefficient (Wildman–Crippen LogP) is 5.84. The van der Waals surface area contributed by atoms with Crippen LogP contribution in [0.3, 0.4) is 0 Å². The first-order chi connectivity index (χ1) is 9.80. The summed E-state index contributed by atoms with van der Waals surface area (Å²) < 4.78 is 0. The minimum atomic E-state index is 0.478. The Labute approximate surface area is 135 Å². The van der Waals surface area contributed by atoms with Gasteiger partial charge in [-0.1, -0.05) is 63.5 Å². The van der Waals surface area contributed by atoms with Crippen molar-refractivity contribution < 1.29 is 5.11 Å². The van der Waals surface area contributed by atoms with Gasteiger partial charge in [0.15, 0.2) is 0 Å². The van der Waals surface area contributed by atoms with Crippen molar-refractivity contribution >= 4 is 13.9 Å². The fourth-order valence-electron chi connectivity index (χ4n) is 2.01. The molecule has 1 unspecified atom stereocenters. The van der Waals surface area contributed by atoms with Gasteiger partial charge in [0.25, 0.3) is 0 Å². The molecule has 1 nitrogen and oxygen atoms in total. The Hall–Kier alpha value is -0.550. The van der Waals surface area contributed by atoms with Crippen LogP contribution in [0.4, 0.5) is 0 Å². The minimum Gasteiger partial charge on any atom is -0.508 e. The monoisotopic (exact) mass is 312 g/mol. The molecule has 0 fully saturated rings. The molecule has 0 aliphatic heterocycles. The van der Waals surface area contributed by atoms with Crippen LogP contribution in [0.1, 0.15) is 71.6 Å². The summed E-state index contributed by atoms with van der Waals surface area (Å²) in [6, 6.07) is 1.95. The van der Waals surface area contributed by atoms with E-state index >= 15 is 0 Å². The Morgan fingerprint density at radius 1 is 1.00 bits per heavy atom.